The molecule has 4 rings (SSSR count). The molecular weight excluding hydrogens is 404 g/mol. The molecule has 32 heavy (non-hydrogen) atoms. The maximum atomic E-state index is 12.9. The number of nitrogens with zero attached hydrogens (tertiary/aromatic N) is 1. The minimum Gasteiger partial charge on any atom is -0.491 e. The molecule has 0 bridgehead atoms. The van der Waals surface area contributed by atoms with Crippen LogP contribution in [-0.2, 0) is 11.2 Å². The standard InChI is InChI=1S/C26H26N2O4/c1-18-11-12-19-7-5-6-10-24(19)31-17-22(23(29)15-18)28-26(30)20-13-14-27-25(16-20)32-21-8-3-2-4-9-21/h2-10,13-14,16,18,22H,11-12,15,17H2,1H3,(H,28,30)/t18?,22-/m0/s1. The predicted octanol–water partition coefficient (Wildman–Crippen LogP) is 4.59. The minimum absolute atomic E-state index is 0.0277. The van der Waals surface area contributed by atoms with Gasteiger partial charge in [0, 0.05) is 24.2 Å². The number of hydrogen-bond acceptors (Lipinski definition) is 5. The lowest BCUT2D eigenvalue weighted by atomic mass is 9.93. The van der Waals surface area contributed by atoms with Crippen molar-refractivity contribution in [3.63, 3.8) is 0 Å². The fourth-order valence-electron chi connectivity index (χ4n) is 3.69. The number of ketones is 1. The van der Waals surface area contributed by atoms with Crippen LogP contribution in [0.3, 0.4) is 0 Å². The largest absolute Gasteiger partial charge is 0.491 e. The molecule has 6 heteroatoms. The molecule has 0 saturated heterocycles. The summed E-state index contributed by atoms with van der Waals surface area (Å²) in [7, 11) is 0. The number of nitrogens with one attached hydrogen (secondary N) is 1. The Morgan fingerprint density at radius 1 is 1.09 bits per heavy atom. The number of pyridine rings is 1. The van der Waals surface area contributed by atoms with E-state index in [1.54, 1.807) is 12.1 Å². The van der Waals surface area contributed by atoms with E-state index in [-0.39, 0.29) is 24.2 Å². The summed E-state index contributed by atoms with van der Waals surface area (Å²) in [5, 5.41) is 2.85. The molecule has 2 heterocycles. The highest BCUT2D eigenvalue weighted by molar-refractivity contribution is 5.98. The van der Waals surface area contributed by atoms with Gasteiger partial charge in [-0.25, -0.2) is 4.98 Å². The van der Waals surface area contributed by atoms with Crippen molar-refractivity contribution in [2.75, 3.05) is 6.61 Å². The molecule has 1 aromatic heterocycles. The Labute approximate surface area is 187 Å². The summed E-state index contributed by atoms with van der Waals surface area (Å²) < 4.78 is 11.7. The first-order valence-corrected chi connectivity index (χ1v) is 10.8. The summed E-state index contributed by atoms with van der Waals surface area (Å²) in [6.45, 7) is 2.16. The Morgan fingerprint density at radius 2 is 1.88 bits per heavy atom. The molecule has 0 spiro atoms. The van der Waals surface area contributed by atoms with E-state index in [9.17, 15) is 9.59 Å². The van der Waals surface area contributed by atoms with Crippen LogP contribution in [0.1, 0.15) is 35.7 Å². The van der Waals surface area contributed by atoms with Crippen molar-refractivity contribution in [3.05, 3.63) is 84.1 Å². The number of Topliss-reactive ketones (excluding diaryl/α,β-unsaturated/α-hetero) is 1. The van der Waals surface area contributed by atoms with Gasteiger partial charge in [-0.05, 0) is 48.6 Å². The highest BCUT2D eigenvalue weighted by Gasteiger charge is 2.25. The maximum absolute atomic E-state index is 12.9. The van der Waals surface area contributed by atoms with Gasteiger partial charge >= 0.3 is 0 Å². The Hall–Kier alpha value is -3.67. The summed E-state index contributed by atoms with van der Waals surface area (Å²) in [6.07, 6.45) is 3.66. The fourth-order valence-corrected chi connectivity index (χ4v) is 3.69. The molecule has 1 unspecified atom stereocenters. The first-order valence-electron chi connectivity index (χ1n) is 10.8. The van der Waals surface area contributed by atoms with Crippen molar-refractivity contribution >= 4 is 11.7 Å². The van der Waals surface area contributed by atoms with Gasteiger partial charge in [-0.15, -0.1) is 0 Å². The molecule has 6 nitrogen and oxygen atoms in total. The highest BCUT2D eigenvalue weighted by atomic mass is 16.5. The number of para-hydroxylation sites is 2. The van der Waals surface area contributed by atoms with Crippen LogP contribution in [0.2, 0.25) is 0 Å². The normalized spacial score (nSPS) is 18.7. The van der Waals surface area contributed by atoms with Crippen LogP contribution in [-0.4, -0.2) is 29.3 Å². The number of benzene rings is 2. The van der Waals surface area contributed by atoms with Crippen molar-refractivity contribution in [1.29, 1.82) is 0 Å². The Balaban J connectivity index is 1.48. The molecule has 164 valence electrons. The average Bonchev–Trinajstić information content (AvgIpc) is 2.81. The maximum Gasteiger partial charge on any atom is 0.252 e. The lowest BCUT2D eigenvalue weighted by Crippen LogP contribution is -2.45. The van der Waals surface area contributed by atoms with Crippen LogP contribution in [0.4, 0.5) is 0 Å². The highest BCUT2D eigenvalue weighted by Crippen LogP contribution is 2.24. The molecule has 0 saturated carbocycles. The molecule has 1 aliphatic rings. The molecule has 1 amide bonds. The zero-order valence-corrected chi connectivity index (χ0v) is 18.0. The number of amides is 1. The van der Waals surface area contributed by atoms with E-state index in [1.165, 1.54) is 6.20 Å². The molecule has 3 aromatic rings. The van der Waals surface area contributed by atoms with Crippen molar-refractivity contribution < 1.29 is 19.1 Å². The number of carbonyl (C=O) groups excluding carboxylic acids is 2. The third-order valence-corrected chi connectivity index (χ3v) is 5.49. The number of aromatic nitrogens is 1. The van der Waals surface area contributed by atoms with E-state index in [4.69, 9.17) is 9.47 Å². The van der Waals surface area contributed by atoms with Crippen LogP contribution < -0.4 is 14.8 Å². The number of aryl methyl sites for hydroxylation is 1. The van der Waals surface area contributed by atoms with E-state index in [0.29, 0.717) is 23.6 Å². The second kappa shape index (κ2) is 10.1. The average molecular weight is 431 g/mol. The van der Waals surface area contributed by atoms with Crippen LogP contribution >= 0.6 is 0 Å². The van der Waals surface area contributed by atoms with Crippen LogP contribution in [0, 0.1) is 5.92 Å². The lowest BCUT2D eigenvalue weighted by molar-refractivity contribution is -0.122. The van der Waals surface area contributed by atoms with E-state index < -0.39 is 6.04 Å². The van der Waals surface area contributed by atoms with Crippen LogP contribution in [0.15, 0.2) is 72.9 Å². The van der Waals surface area contributed by atoms with Crippen molar-refractivity contribution in [3.8, 4) is 17.4 Å². The van der Waals surface area contributed by atoms with E-state index in [1.807, 2.05) is 54.6 Å². The van der Waals surface area contributed by atoms with Gasteiger partial charge in [0.25, 0.3) is 5.91 Å². The monoisotopic (exact) mass is 430 g/mol. The molecule has 1 aliphatic heterocycles. The van der Waals surface area contributed by atoms with Crippen molar-refractivity contribution in [2.45, 2.75) is 32.2 Å². The van der Waals surface area contributed by atoms with Gasteiger partial charge in [-0.1, -0.05) is 43.3 Å². The lowest BCUT2D eigenvalue weighted by Gasteiger charge is -2.23. The van der Waals surface area contributed by atoms with Gasteiger partial charge in [-0.3, -0.25) is 9.59 Å². The number of ether oxygens (including phenoxy) is 2. The van der Waals surface area contributed by atoms with Gasteiger partial charge < -0.3 is 14.8 Å². The topological polar surface area (TPSA) is 77.5 Å². The molecule has 0 fully saturated rings. The number of hydrogen-bond donors (Lipinski definition) is 1. The van der Waals surface area contributed by atoms with E-state index in [0.717, 1.165) is 24.2 Å². The second-order valence-corrected chi connectivity index (χ2v) is 8.06. The third-order valence-electron chi connectivity index (χ3n) is 5.49. The molecule has 2 aromatic carbocycles. The van der Waals surface area contributed by atoms with Crippen LogP contribution in [0.25, 0.3) is 0 Å². The van der Waals surface area contributed by atoms with Crippen LogP contribution in [0.5, 0.6) is 17.4 Å². The number of rotatable bonds is 4. The fraction of sp³-hybridized carbons (Fsp3) is 0.269. The van der Waals surface area contributed by atoms with E-state index in [2.05, 4.69) is 17.2 Å². The zero-order chi connectivity index (χ0) is 22.3. The molecule has 0 radical (unpaired) electrons. The summed E-state index contributed by atoms with van der Waals surface area (Å²) in [5.41, 5.74) is 1.49. The smallest absolute Gasteiger partial charge is 0.252 e. The Bertz CT molecular complexity index is 1080. The molecule has 1 N–H and O–H groups in total. The second-order valence-electron chi connectivity index (χ2n) is 8.06. The quantitative estimate of drug-likeness (QED) is 0.655. The van der Waals surface area contributed by atoms with Gasteiger partial charge in [-0.2, -0.15) is 0 Å². The minimum atomic E-state index is -0.734. The van der Waals surface area contributed by atoms with E-state index >= 15 is 0 Å². The van der Waals surface area contributed by atoms with Crippen molar-refractivity contribution in [2.24, 2.45) is 5.92 Å². The molecular formula is C26H26N2O4. The van der Waals surface area contributed by atoms with Gasteiger partial charge in [0.15, 0.2) is 5.78 Å². The summed E-state index contributed by atoms with van der Waals surface area (Å²) in [6, 6.07) is 19.5. The Morgan fingerprint density at radius 3 is 2.72 bits per heavy atom. The van der Waals surface area contributed by atoms with Gasteiger partial charge in [0.1, 0.15) is 24.1 Å². The number of carbonyl (C=O) groups is 2. The summed E-state index contributed by atoms with van der Waals surface area (Å²) in [5.74, 6) is 1.52. The first kappa shape index (κ1) is 21.6. The van der Waals surface area contributed by atoms with Gasteiger partial charge in [0.2, 0.25) is 5.88 Å². The third kappa shape index (κ3) is 5.52. The van der Waals surface area contributed by atoms with Crippen molar-refractivity contribution in [1.82, 2.24) is 10.3 Å². The van der Waals surface area contributed by atoms with Gasteiger partial charge in [0.05, 0.1) is 0 Å². The SMILES string of the molecule is CC1CCc2ccccc2OC[C@H](NC(=O)c2ccnc(Oc3ccccc3)c2)C(=O)C1. The summed E-state index contributed by atoms with van der Waals surface area (Å²) >= 11 is 0. The zero-order valence-electron chi connectivity index (χ0n) is 18.0. The first-order chi connectivity index (χ1) is 15.6. The molecule has 2 atom stereocenters. The Kier molecular flexibility index (Phi) is 6.80. The predicted molar refractivity (Wildman–Crippen MR) is 121 cm³/mol. The number of fused-ring (bicyclic) bond motifs is 1. The molecule has 0 aliphatic carbocycles. The summed E-state index contributed by atoms with van der Waals surface area (Å²) in [4.78, 5) is 30.0.